The van der Waals surface area contributed by atoms with Crippen molar-refractivity contribution in [3.63, 3.8) is 0 Å². The number of anilines is 2. The highest BCUT2D eigenvalue weighted by molar-refractivity contribution is 6.04. The maximum Gasteiger partial charge on any atom is 0.416 e. The van der Waals surface area contributed by atoms with E-state index < -0.39 is 17.7 Å². The number of alkyl halides is 3. The van der Waals surface area contributed by atoms with Crippen LogP contribution in [-0.4, -0.2) is 23.3 Å². The number of carbonyl (C=O) groups excluding carboxylic acids is 2. The molecule has 8 heteroatoms. The van der Waals surface area contributed by atoms with Gasteiger partial charge < -0.3 is 15.2 Å². The number of hydrogen-bond donors (Lipinski definition) is 2. The summed E-state index contributed by atoms with van der Waals surface area (Å²) in [6.07, 6.45) is -4.54. The van der Waals surface area contributed by atoms with E-state index in [0.717, 1.165) is 28.7 Å². The molecule has 29 heavy (non-hydrogen) atoms. The number of rotatable bonds is 3. The number of aromatic amines is 1. The van der Waals surface area contributed by atoms with E-state index in [1.165, 1.54) is 17.0 Å². The molecule has 0 aliphatic carbocycles. The summed E-state index contributed by atoms with van der Waals surface area (Å²) in [5.74, 6) is -1.35. The highest BCUT2D eigenvalue weighted by Crippen LogP contribution is 2.33. The molecule has 2 amide bonds. The predicted octanol–water partition coefficient (Wildman–Crippen LogP) is 4.49. The quantitative estimate of drug-likeness (QED) is 0.679. The molecule has 2 heterocycles. The zero-order chi connectivity index (χ0) is 20.8. The van der Waals surface area contributed by atoms with Crippen molar-refractivity contribution in [3.8, 4) is 0 Å². The van der Waals surface area contributed by atoms with Crippen LogP contribution >= 0.6 is 0 Å². The maximum atomic E-state index is 12.9. The zero-order valence-electron chi connectivity index (χ0n) is 15.5. The van der Waals surface area contributed by atoms with E-state index in [4.69, 9.17) is 0 Å². The van der Waals surface area contributed by atoms with Crippen molar-refractivity contribution in [3.05, 3.63) is 59.8 Å². The molecule has 0 bridgehead atoms. The number of nitrogens with zero attached hydrogens (tertiary/aromatic N) is 1. The van der Waals surface area contributed by atoms with Gasteiger partial charge in [0.2, 0.25) is 11.8 Å². The van der Waals surface area contributed by atoms with E-state index in [1.807, 2.05) is 25.1 Å². The molecule has 0 spiro atoms. The summed E-state index contributed by atoms with van der Waals surface area (Å²) < 4.78 is 38.8. The van der Waals surface area contributed by atoms with Crippen LogP contribution in [0.5, 0.6) is 0 Å². The lowest BCUT2D eigenvalue weighted by molar-refractivity contribution is -0.137. The average Bonchev–Trinajstić information content (AvgIpc) is 3.22. The van der Waals surface area contributed by atoms with Gasteiger partial charge in [0, 0.05) is 40.9 Å². The van der Waals surface area contributed by atoms with E-state index in [0.29, 0.717) is 5.69 Å². The first-order chi connectivity index (χ1) is 13.7. The second-order valence-corrected chi connectivity index (χ2v) is 7.20. The zero-order valence-corrected chi connectivity index (χ0v) is 15.5. The van der Waals surface area contributed by atoms with E-state index in [9.17, 15) is 22.8 Å². The molecule has 3 aromatic rings. The molecule has 0 radical (unpaired) electrons. The van der Waals surface area contributed by atoms with Crippen LogP contribution in [-0.2, 0) is 15.8 Å². The average molecular weight is 401 g/mol. The van der Waals surface area contributed by atoms with E-state index >= 15 is 0 Å². The number of nitrogens with one attached hydrogen (secondary N) is 2. The number of H-pyrrole nitrogens is 1. The van der Waals surface area contributed by atoms with Crippen molar-refractivity contribution in [2.75, 3.05) is 16.8 Å². The Bertz CT molecular complexity index is 1100. The molecule has 1 aliphatic rings. The molecule has 0 unspecified atom stereocenters. The van der Waals surface area contributed by atoms with Crippen LogP contribution in [0.1, 0.15) is 17.7 Å². The van der Waals surface area contributed by atoms with Crippen LogP contribution < -0.4 is 10.2 Å². The summed E-state index contributed by atoms with van der Waals surface area (Å²) in [6, 6.07) is 12.0. The smallest absolute Gasteiger partial charge is 0.359 e. The number of carbonyl (C=O) groups is 2. The van der Waals surface area contributed by atoms with Gasteiger partial charge in [-0.3, -0.25) is 9.59 Å². The second-order valence-electron chi connectivity index (χ2n) is 7.20. The van der Waals surface area contributed by atoms with E-state index in [-0.39, 0.29) is 30.5 Å². The molecule has 2 aromatic carbocycles. The third kappa shape index (κ3) is 3.83. The molecule has 1 aliphatic heterocycles. The van der Waals surface area contributed by atoms with E-state index in [1.54, 1.807) is 6.07 Å². The Morgan fingerprint density at radius 2 is 1.97 bits per heavy atom. The van der Waals surface area contributed by atoms with Crippen LogP contribution in [0.3, 0.4) is 0 Å². The van der Waals surface area contributed by atoms with Gasteiger partial charge in [-0.2, -0.15) is 13.2 Å². The number of aromatic nitrogens is 1. The lowest BCUT2D eigenvalue weighted by Gasteiger charge is -2.18. The Morgan fingerprint density at radius 3 is 2.72 bits per heavy atom. The lowest BCUT2D eigenvalue weighted by atomic mass is 10.1. The van der Waals surface area contributed by atoms with Crippen molar-refractivity contribution in [2.45, 2.75) is 19.5 Å². The molecule has 0 saturated carbocycles. The number of fused-ring (bicyclic) bond motifs is 1. The summed E-state index contributed by atoms with van der Waals surface area (Å²) in [6.45, 7) is 1.97. The number of halogens is 3. The van der Waals surface area contributed by atoms with Crippen LogP contribution in [0, 0.1) is 12.8 Å². The van der Waals surface area contributed by atoms with Crippen LogP contribution in [0.15, 0.2) is 48.5 Å². The third-order valence-electron chi connectivity index (χ3n) is 5.00. The molecule has 1 saturated heterocycles. The predicted molar refractivity (Wildman–Crippen MR) is 104 cm³/mol. The van der Waals surface area contributed by atoms with Gasteiger partial charge in [-0.15, -0.1) is 0 Å². The summed E-state index contributed by atoms with van der Waals surface area (Å²) in [5, 5.41) is 3.75. The Labute approximate surface area is 164 Å². The highest BCUT2D eigenvalue weighted by Gasteiger charge is 2.37. The van der Waals surface area contributed by atoms with Crippen LogP contribution in [0.2, 0.25) is 0 Å². The topological polar surface area (TPSA) is 65.2 Å². The number of amides is 2. The van der Waals surface area contributed by atoms with Crippen molar-refractivity contribution in [1.29, 1.82) is 0 Å². The van der Waals surface area contributed by atoms with E-state index in [2.05, 4.69) is 10.3 Å². The van der Waals surface area contributed by atoms with Crippen LogP contribution in [0.4, 0.5) is 24.5 Å². The Morgan fingerprint density at radius 1 is 1.17 bits per heavy atom. The van der Waals surface area contributed by atoms with Gasteiger partial charge in [-0.1, -0.05) is 6.07 Å². The molecule has 1 aromatic heterocycles. The SMILES string of the molecule is Cc1cc2cc(NC(=O)[C@@H]3CC(=O)N(c4cccc(C(F)(F)F)c4)C3)ccc2[nH]1. The summed E-state index contributed by atoms with van der Waals surface area (Å²) in [4.78, 5) is 29.4. The summed E-state index contributed by atoms with van der Waals surface area (Å²) in [5.41, 5.74) is 1.87. The number of hydrogen-bond acceptors (Lipinski definition) is 2. The summed E-state index contributed by atoms with van der Waals surface area (Å²) in [7, 11) is 0. The molecular formula is C21H18F3N3O2. The Hall–Kier alpha value is -3.29. The third-order valence-corrected chi connectivity index (χ3v) is 5.00. The standard InChI is InChI=1S/C21H18F3N3O2/c1-12-7-13-8-16(5-6-18(13)25-12)26-20(29)14-9-19(28)27(11-14)17-4-2-3-15(10-17)21(22,23)24/h2-8,10,14,25H,9,11H2,1H3,(H,26,29)/t14-/m1/s1. The van der Waals surface area contributed by atoms with Crippen LogP contribution in [0.25, 0.3) is 10.9 Å². The first-order valence-electron chi connectivity index (χ1n) is 9.08. The van der Waals surface area contributed by atoms with Crippen molar-refractivity contribution in [2.24, 2.45) is 5.92 Å². The minimum atomic E-state index is -4.50. The van der Waals surface area contributed by atoms with Gasteiger partial charge in [-0.05, 0) is 49.4 Å². The molecule has 4 rings (SSSR count). The molecule has 150 valence electrons. The second kappa shape index (κ2) is 6.95. The number of aryl methyl sites for hydroxylation is 1. The lowest BCUT2D eigenvalue weighted by Crippen LogP contribution is -2.28. The first-order valence-corrected chi connectivity index (χ1v) is 9.08. The first kappa shape index (κ1) is 19.0. The fraction of sp³-hybridized carbons (Fsp3) is 0.238. The Balaban J connectivity index is 1.49. The monoisotopic (exact) mass is 401 g/mol. The van der Waals surface area contributed by atoms with Gasteiger partial charge in [0.1, 0.15) is 0 Å². The van der Waals surface area contributed by atoms with Crippen molar-refractivity contribution >= 4 is 34.1 Å². The molecule has 1 atom stereocenters. The Kier molecular flexibility index (Phi) is 4.56. The van der Waals surface area contributed by atoms with Gasteiger partial charge in [0.25, 0.3) is 0 Å². The van der Waals surface area contributed by atoms with Gasteiger partial charge in [0.05, 0.1) is 11.5 Å². The molecule has 5 nitrogen and oxygen atoms in total. The minimum Gasteiger partial charge on any atom is -0.359 e. The van der Waals surface area contributed by atoms with Gasteiger partial charge in [0.15, 0.2) is 0 Å². The van der Waals surface area contributed by atoms with Gasteiger partial charge in [-0.25, -0.2) is 0 Å². The number of benzene rings is 2. The molecule has 1 fully saturated rings. The van der Waals surface area contributed by atoms with Crippen molar-refractivity contribution in [1.82, 2.24) is 4.98 Å². The molecular weight excluding hydrogens is 383 g/mol. The van der Waals surface area contributed by atoms with Gasteiger partial charge >= 0.3 is 6.18 Å². The normalized spacial score (nSPS) is 17.2. The largest absolute Gasteiger partial charge is 0.416 e. The summed E-state index contributed by atoms with van der Waals surface area (Å²) >= 11 is 0. The highest BCUT2D eigenvalue weighted by atomic mass is 19.4. The maximum absolute atomic E-state index is 12.9. The minimum absolute atomic E-state index is 0.0392. The fourth-order valence-corrected chi connectivity index (χ4v) is 3.58. The molecule has 2 N–H and O–H groups in total. The van der Waals surface area contributed by atoms with Crippen molar-refractivity contribution < 1.29 is 22.8 Å². The fourth-order valence-electron chi connectivity index (χ4n) is 3.58.